The van der Waals surface area contributed by atoms with Crippen LogP contribution in [-0.2, 0) is 17.4 Å². The molecule has 1 unspecified atom stereocenters. The highest BCUT2D eigenvalue weighted by molar-refractivity contribution is 5.78. The van der Waals surface area contributed by atoms with E-state index < -0.39 is 5.60 Å². The van der Waals surface area contributed by atoms with E-state index >= 15 is 0 Å². The Balaban J connectivity index is 1.88. The van der Waals surface area contributed by atoms with Crippen LogP contribution in [0.4, 0.5) is 0 Å². The molecular weight excluding hydrogens is 242 g/mol. The number of aryl methyl sites for hydroxylation is 1. The van der Waals surface area contributed by atoms with Crippen molar-refractivity contribution in [2.24, 2.45) is 13.0 Å². The first-order valence-corrected chi connectivity index (χ1v) is 6.98. The zero-order valence-electron chi connectivity index (χ0n) is 11.7. The molecule has 1 aromatic heterocycles. The normalized spacial score (nSPS) is 19.9. The second-order valence-electron chi connectivity index (χ2n) is 5.73. The summed E-state index contributed by atoms with van der Waals surface area (Å²) in [6.45, 7) is 1.93. The Bertz CT molecular complexity index is 434. The molecular formula is C14H23N3O2. The van der Waals surface area contributed by atoms with Gasteiger partial charge in [-0.1, -0.05) is 19.3 Å². The summed E-state index contributed by atoms with van der Waals surface area (Å²) in [6.07, 6.45) is 8.85. The summed E-state index contributed by atoms with van der Waals surface area (Å²) in [4.78, 5) is 12.0. The topological polar surface area (TPSA) is 67.2 Å². The molecule has 1 aromatic rings. The van der Waals surface area contributed by atoms with Crippen LogP contribution in [0, 0.1) is 5.92 Å². The lowest BCUT2D eigenvalue weighted by atomic mass is 9.88. The summed E-state index contributed by atoms with van der Waals surface area (Å²) in [6, 6.07) is 0. The molecule has 5 heteroatoms. The fourth-order valence-electron chi connectivity index (χ4n) is 2.57. The van der Waals surface area contributed by atoms with Crippen molar-refractivity contribution in [1.29, 1.82) is 0 Å². The van der Waals surface area contributed by atoms with E-state index in [1.54, 1.807) is 31.0 Å². The van der Waals surface area contributed by atoms with Gasteiger partial charge >= 0.3 is 0 Å². The summed E-state index contributed by atoms with van der Waals surface area (Å²) in [5, 5.41) is 17.3. The van der Waals surface area contributed by atoms with Gasteiger partial charge in [-0.25, -0.2) is 0 Å². The number of amides is 1. The number of aromatic nitrogens is 2. The van der Waals surface area contributed by atoms with E-state index in [2.05, 4.69) is 10.4 Å². The smallest absolute Gasteiger partial charge is 0.223 e. The van der Waals surface area contributed by atoms with Crippen LogP contribution >= 0.6 is 0 Å². The van der Waals surface area contributed by atoms with Crippen molar-refractivity contribution in [2.45, 2.75) is 44.6 Å². The first-order valence-electron chi connectivity index (χ1n) is 6.98. The lowest BCUT2D eigenvalue weighted by molar-refractivity contribution is -0.127. The van der Waals surface area contributed by atoms with Crippen LogP contribution in [0.3, 0.4) is 0 Å². The highest BCUT2D eigenvalue weighted by Crippen LogP contribution is 2.24. The van der Waals surface area contributed by atoms with Crippen LogP contribution in [0.5, 0.6) is 0 Å². The Kier molecular flexibility index (Phi) is 4.24. The molecule has 0 radical (unpaired) electrons. The first-order chi connectivity index (χ1) is 8.99. The summed E-state index contributed by atoms with van der Waals surface area (Å²) in [7, 11) is 1.81. The van der Waals surface area contributed by atoms with Crippen LogP contribution in [0.15, 0.2) is 12.4 Å². The van der Waals surface area contributed by atoms with Crippen molar-refractivity contribution >= 4 is 5.91 Å². The van der Waals surface area contributed by atoms with E-state index in [0.717, 1.165) is 31.2 Å². The van der Waals surface area contributed by atoms with Gasteiger partial charge in [0.05, 0.1) is 12.7 Å². The van der Waals surface area contributed by atoms with Crippen molar-refractivity contribution < 1.29 is 9.90 Å². The van der Waals surface area contributed by atoms with E-state index in [1.807, 2.05) is 0 Å². The molecule has 0 bridgehead atoms. The van der Waals surface area contributed by atoms with E-state index in [4.69, 9.17) is 0 Å². The van der Waals surface area contributed by atoms with E-state index in [0.29, 0.717) is 0 Å². The maximum Gasteiger partial charge on any atom is 0.223 e. The van der Waals surface area contributed by atoms with Crippen LogP contribution in [0.2, 0.25) is 0 Å². The SMILES string of the molecule is Cn1cc(C(C)(O)CNC(=O)C2CCCCC2)cn1. The second kappa shape index (κ2) is 5.74. The van der Waals surface area contributed by atoms with Gasteiger partial charge in [-0.15, -0.1) is 0 Å². The molecule has 1 saturated carbocycles. The minimum atomic E-state index is -1.07. The van der Waals surface area contributed by atoms with Crippen LogP contribution in [0.25, 0.3) is 0 Å². The molecule has 1 atom stereocenters. The van der Waals surface area contributed by atoms with Gasteiger partial charge < -0.3 is 10.4 Å². The third kappa shape index (κ3) is 3.56. The Morgan fingerprint density at radius 3 is 2.79 bits per heavy atom. The van der Waals surface area contributed by atoms with Gasteiger partial charge in [0, 0.05) is 24.7 Å². The maximum absolute atomic E-state index is 12.0. The molecule has 106 valence electrons. The third-order valence-corrected chi connectivity index (χ3v) is 3.91. The molecule has 19 heavy (non-hydrogen) atoms. The summed E-state index contributed by atoms with van der Waals surface area (Å²) >= 11 is 0. The fourth-order valence-corrected chi connectivity index (χ4v) is 2.57. The van der Waals surface area contributed by atoms with Crippen molar-refractivity contribution in [3.63, 3.8) is 0 Å². The molecule has 2 rings (SSSR count). The number of carbonyl (C=O) groups excluding carboxylic acids is 1. The summed E-state index contributed by atoms with van der Waals surface area (Å²) in [5.74, 6) is 0.197. The van der Waals surface area contributed by atoms with Gasteiger partial charge in [0.2, 0.25) is 5.91 Å². The fraction of sp³-hybridized carbons (Fsp3) is 0.714. The molecule has 1 aliphatic rings. The second-order valence-corrected chi connectivity index (χ2v) is 5.73. The largest absolute Gasteiger partial charge is 0.383 e. The maximum atomic E-state index is 12.0. The average molecular weight is 265 g/mol. The van der Waals surface area contributed by atoms with Gasteiger partial charge in [0.15, 0.2) is 0 Å². The minimum absolute atomic E-state index is 0.0730. The van der Waals surface area contributed by atoms with Gasteiger partial charge in [0.25, 0.3) is 0 Å². The molecule has 0 aromatic carbocycles. The van der Waals surface area contributed by atoms with Gasteiger partial charge in [0.1, 0.15) is 5.60 Å². The Morgan fingerprint density at radius 2 is 2.21 bits per heavy atom. The lowest BCUT2D eigenvalue weighted by Gasteiger charge is -2.25. The molecule has 1 amide bonds. The molecule has 2 N–H and O–H groups in total. The van der Waals surface area contributed by atoms with E-state index in [1.165, 1.54) is 6.42 Å². The number of nitrogens with zero attached hydrogens (tertiary/aromatic N) is 2. The van der Waals surface area contributed by atoms with Crippen molar-refractivity contribution in [3.05, 3.63) is 18.0 Å². The minimum Gasteiger partial charge on any atom is -0.383 e. The van der Waals surface area contributed by atoms with Gasteiger partial charge in [-0.2, -0.15) is 5.10 Å². The van der Waals surface area contributed by atoms with Crippen molar-refractivity contribution in [2.75, 3.05) is 6.54 Å². The number of rotatable bonds is 4. The zero-order valence-corrected chi connectivity index (χ0v) is 11.7. The van der Waals surface area contributed by atoms with E-state index in [9.17, 15) is 9.90 Å². The molecule has 0 spiro atoms. The highest BCUT2D eigenvalue weighted by Gasteiger charge is 2.27. The third-order valence-electron chi connectivity index (χ3n) is 3.91. The lowest BCUT2D eigenvalue weighted by Crippen LogP contribution is -2.41. The number of nitrogens with one attached hydrogen (secondary N) is 1. The standard InChI is InChI=1S/C14H23N3O2/c1-14(19,12-8-16-17(2)9-12)10-15-13(18)11-6-4-3-5-7-11/h8-9,11,19H,3-7,10H2,1-2H3,(H,15,18). The molecule has 0 aliphatic heterocycles. The predicted molar refractivity (Wildman–Crippen MR) is 72.4 cm³/mol. The predicted octanol–water partition coefficient (Wildman–Crippen LogP) is 1.32. The average Bonchev–Trinajstić information content (AvgIpc) is 2.85. The van der Waals surface area contributed by atoms with Crippen molar-refractivity contribution in [1.82, 2.24) is 15.1 Å². The van der Waals surface area contributed by atoms with Crippen LogP contribution < -0.4 is 5.32 Å². The number of aliphatic hydroxyl groups is 1. The monoisotopic (exact) mass is 265 g/mol. The number of hydrogen-bond donors (Lipinski definition) is 2. The Morgan fingerprint density at radius 1 is 1.53 bits per heavy atom. The molecule has 0 saturated heterocycles. The van der Waals surface area contributed by atoms with Crippen LogP contribution in [-0.4, -0.2) is 27.3 Å². The molecule has 1 aliphatic carbocycles. The van der Waals surface area contributed by atoms with Gasteiger partial charge in [-0.3, -0.25) is 9.48 Å². The summed E-state index contributed by atoms with van der Waals surface area (Å²) < 4.78 is 1.65. The number of carbonyl (C=O) groups is 1. The molecule has 1 heterocycles. The van der Waals surface area contributed by atoms with Crippen LogP contribution in [0.1, 0.15) is 44.6 Å². The first kappa shape index (κ1) is 14.1. The quantitative estimate of drug-likeness (QED) is 0.863. The highest BCUT2D eigenvalue weighted by atomic mass is 16.3. The molecule has 1 fully saturated rings. The number of hydrogen-bond acceptors (Lipinski definition) is 3. The van der Waals surface area contributed by atoms with Crippen molar-refractivity contribution in [3.8, 4) is 0 Å². The summed E-state index contributed by atoms with van der Waals surface area (Å²) in [5.41, 5.74) is -0.350. The molecule has 5 nitrogen and oxygen atoms in total. The Labute approximate surface area is 114 Å². The van der Waals surface area contributed by atoms with E-state index in [-0.39, 0.29) is 18.4 Å². The Hall–Kier alpha value is -1.36. The zero-order chi connectivity index (χ0) is 13.9. The van der Waals surface area contributed by atoms with Gasteiger partial charge in [-0.05, 0) is 19.8 Å².